The van der Waals surface area contributed by atoms with Gasteiger partial charge in [0.15, 0.2) is 6.73 Å². The molecule has 0 radical (unpaired) electrons. The molecule has 0 spiro atoms. The molecule has 0 saturated heterocycles. The Labute approximate surface area is 178 Å². The van der Waals surface area contributed by atoms with Crippen LogP contribution in [-0.2, 0) is 16.0 Å². The second-order valence-corrected chi connectivity index (χ2v) is 6.74. The molecule has 0 aliphatic carbocycles. The van der Waals surface area contributed by atoms with Gasteiger partial charge < -0.3 is 29.0 Å². The number of amides is 1. The number of rotatable bonds is 10. The molecule has 31 heavy (non-hydrogen) atoms. The molecule has 0 N–H and O–H groups in total. The van der Waals surface area contributed by atoms with Crippen LogP contribution < -0.4 is 14.6 Å². The highest BCUT2D eigenvalue weighted by atomic mass is 16.6. The molecule has 1 atom stereocenters. The Morgan fingerprint density at radius 1 is 1.26 bits per heavy atom. The third kappa shape index (κ3) is 5.48. The fraction of sp³-hybridized carbons (Fsp3) is 0.333. The average Bonchev–Trinajstić information content (AvgIpc) is 2.76. The first-order chi connectivity index (χ1) is 14.9. The number of hydrogen-bond donors (Lipinski definition) is 0. The molecule has 2 aromatic rings. The van der Waals surface area contributed by atoms with E-state index in [9.17, 15) is 24.8 Å². The van der Waals surface area contributed by atoms with Crippen molar-refractivity contribution in [1.82, 2.24) is 4.90 Å². The Balaban J connectivity index is 1.53. The summed E-state index contributed by atoms with van der Waals surface area (Å²) >= 11 is 0. The number of hydrogen-bond acceptors (Lipinski definition) is 8. The maximum absolute atomic E-state index is 12.6. The van der Waals surface area contributed by atoms with E-state index in [4.69, 9.17) is 14.2 Å². The van der Waals surface area contributed by atoms with Crippen molar-refractivity contribution in [1.29, 1.82) is 0 Å². The molecule has 1 amide bonds. The summed E-state index contributed by atoms with van der Waals surface area (Å²) in [5, 5.41) is 22.0. The molecular weight excluding hydrogens is 408 g/mol. The minimum absolute atomic E-state index is 0.0218. The van der Waals surface area contributed by atoms with Crippen molar-refractivity contribution in [3.8, 4) is 11.5 Å². The summed E-state index contributed by atoms with van der Waals surface area (Å²) in [4.78, 5) is 35.4. The van der Waals surface area contributed by atoms with Crippen molar-refractivity contribution in [2.24, 2.45) is 0 Å². The van der Waals surface area contributed by atoms with Crippen molar-refractivity contribution in [2.75, 3.05) is 26.5 Å². The van der Waals surface area contributed by atoms with Gasteiger partial charge >= 0.3 is 0 Å². The summed E-state index contributed by atoms with van der Waals surface area (Å²) < 4.78 is 16.3. The number of benzene rings is 2. The van der Waals surface area contributed by atoms with Crippen molar-refractivity contribution in [3.05, 3.63) is 63.7 Å². The highest BCUT2D eigenvalue weighted by Crippen LogP contribution is 2.28. The van der Waals surface area contributed by atoms with Gasteiger partial charge in [0.25, 0.3) is 11.6 Å². The van der Waals surface area contributed by atoms with E-state index in [0.29, 0.717) is 11.5 Å². The van der Waals surface area contributed by atoms with Crippen LogP contribution in [0.2, 0.25) is 0 Å². The van der Waals surface area contributed by atoms with Crippen LogP contribution in [0.5, 0.6) is 11.5 Å². The van der Waals surface area contributed by atoms with E-state index in [2.05, 4.69) is 0 Å². The quantitative estimate of drug-likeness (QED) is 0.406. The summed E-state index contributed by atoms with van der Waals surface area (Å²) in [6, 6.07) is 10.8. The number of ether oxygens (including phenoxy) is 3. The van der Waals surface area contributed by atoms with Gasteiger partial charge in [-0.15, -0.1) is 0 Å². The van der Waals surface area contributed by atoms with Gasteiger partial charge in [-0.2, -0.15) is 0 Å². The predicted octanol–water partition coefficient (Wildman–Crippen LogP) is 1.16. The fourth-order valence-corrected chi connectivity index (χ4v) is 3.09. The molecule has 1 unspecified atom stereocenters. The van der Waals surface area contributed by atoms with Gasteiger partial charge in [0.05, 0.1) is 23.0 Å². The van der Waals surface area contributed by atoms with Crippen molar-refractivity contribution in [3.63, 3.8) is 0 Å². The van der Waals surface area contributed by atoms with Crippen LogP contribution in [0.4, 0.5) is 5.69 Å². The van der Waals surface area contributed by atoms with Gasteiger partial charge in [-0.3, -0.25) is 14.9 Å². The first-order valence-corrected chi connectivity index (χ1v) is 9.63. The van der Waals surface area contributed by atoms with Crippen LogP contribution in [0.3, 0.4) is 0 Å². The smallest absolute Gasteiger partial charge is 0.270 e. The van der Waals surface area contributed by atoms with E-state index in [0.717, 1.165) is 5.56 Å². The number of carbonyl (C=O) groups excluding carboxylic acids is 2. The van der Waals surface area contributed by atoms with E-state index in [1.54, 1.807) is 31.2 Å². The third-order valence-corrected chi connectivity index (χ3v) is 4.67. The predicted molar refractivity (Wildman–Crippen MR) is 106 cm³/mol. The summed E-state index contributed by atoms with van der Waals surface area (Å²) in [5.41, 5.74) is 0.716. The van der Waals surface area contributed by atoms with Crippen LogP contribution in [0.1, 0.15) is 22.8 Å². The van der Waals surface area contributed by atoms with Crippen molar-refractivity contribution >= 4 is 17.6 Å². The van der Waals surface area contributed by atoms with Gasteiger partial charge in [-0.1, -0.05) is 12.1 Å². The maximum Gasteiger partial charge on any atom is 0.270 e. The Morgan fingerprint density at radius 3 is 2.65 bits per heavy atom. The van der Waals surface area contributed by atoms with Crippen molar-refractivity contribution < 1.29 is 33.8 Å². The first-order valence-electron chi connectivity index (χ1n) is 9.63. The fourth-order valence-electron chi connectivity index (χ4n) is 3.09. The topological polar surface area (TPSA) is 131 Å². The number of carboxylic acids is 1. The third-order valence-electron chi connectivity index (χ3n) is 4.67. The highest BCUT2D eigenvalue weighted by Gasteiger charge is 2.27. The molecule has 3 rings (SSSR count). The summed E-state index contributed by atoms with van der Waals surface area (Å²) in [6.07, 6.45) is -0.831. The molecule has 164 valence electrons. The van der Waals surface area contributed by atoms with E-state index in [1.165, 1.54) is 23.1 Å². The molecule has 1 heterocycles. The molecule has 1 aliphatic heterocycles. The Kier molecular flexibility index (Phi) is 7.03. The van der Waals surface area contributed by atoms with Crippen LogP contribution in [0.15, 0.2) is 42.5 Å². The molecule has 1 aliphatic rings. The molecule has 10 heteroatoms. The molecule has 0 bridgehead atoms. The monoisotopic (exact) mass is 429 g/mol. The van der Waals surface area contributed by atoms with E-state index >= 15 is 0 Å². The lowest BCUT2D eigenvalue weighted by atomic mass is 10.1. The number of non-ortho nitro benzene ring substituents is 1. The molecular formula is C21H21N2O8-. The number of carbonyl (C=O) groups is 2. The van der Waals surface area contributed by atoms with Gasteiger partial charge in [-0.05, 0) is 30.7 Å². The van der Waals surface area contributed by atoms with E-state index in [1.807, 2.05) is 0 Å². The van der Waals surface area contributed by atoms with Crippen LogP contribution in [-0.4, -0.2) is 54.3 Å². The minimum Gasteiger partial charge on any atom is -0.547 e. The Bertz CT molecular complexity index is 960. The number of nitro benzene ring substituents is 1. The lowest BCUT2D eigenvalue weighted by Gasteiger charge is -2.28. The van der Waals surface area contributed by atoms with Crippen LogP contribution in [0, 0.1) is 10.1 Å². The zero-order chi connectivity index (χ0) is 22.4. The molecule has 0 aromatic heterocycles. The number of fused-ring (bicyclic) bond motifs is 1. The van der Waals surface area contributed by atoms with Crippen LogP contribution in [0.25, 0.3) is 0 Å². The first kappa shape index (κ1) is 22.0. The zero-order valence-corrected chi connectivity index (χ0v) is 16.8. The zero-order valence-electron chi connectivity index (χ0n) is 16.8. The largest absolute Gasteiger partial charge is 0.547 e. The molecule has 2 aromatic carbocycles. The Hall–Kier alpha value is -3.66. The summed E-state index contributed by atoms with van der Waals surface area (Å²) in [6.45, 7) is 2.41. The van der Waals surface area contributed by atoms with Gasteiger partial charge in [-0.25, -0.2) is 0 Å². The summed E-state index contributed by atoms with van der Waals surface area (Å²) in [5.74, 6) is -0.771. The van der Waals surface area contributed by atoms with E-state index < -0.39 is 17.0 Å². The Morgan fingerprint density at radius 2 is 2.00 bits per heavy atom. The SMILES string of the molecule is CCOC(Cc1ccc(OCCN2COc3ccc([N+](=O)[O-])cc3C2=O)cc1)C(=O)[O-]. The van der Waals surface area contributed by atoms with Gasteiger partial charge in [0, 0.05) is 25.2 Å². The second kappa shape index (κ2) is 9.90. The number of aliphatic carboxylic acids is 1. The molecule has 0 saturated carbocycles. The number of nitrogens with zero attached hydrogens (tertiary/aromatic N) is 2. The van der Waals surface area contributed by atoms with Gasteiger partial charge in [0.2, 0.25) is 0 Å². The van der Waals surface area contributed by atoms with Crippen molar-refractivity contribution in [2.45, 2.75) is 19.4 Å². The second-order valence-electron chi connectivity index (χ2n) is 6.74. The normalized spacial score (nSPS) is 13.8. The minimum atomic E-state index is -1.26. The lowest BCUT2D eigenvalue weighted by molar-refractivity contribution is -0.384. The van der Waals surface area contributed by atoms with E-state index in [-0.39, 0.29) is 50.1 Å². The summed E-state index contributed by atoms with van der Waals surface area (Å²) in [7, 11) is 0. The lowest BCUT2D eigenvalue weighted by Crippen LogP contribution is -2.41. The molecule has 0 fully saturated rings. The average molecular weight is 429 g/mol. The van der Waals surface area contributed by atoms with Crippen LogP contribution >= 0.6 is 0 Å². The highest BCUT2D eigenvalue weighted by molar-refractivity contribution is 5.98. The standard InChI is InChI=1S/C21H22N2O8/c1-2-29-19(21(25)26)11-14-3-6-16(7-4-14)30-10-9-22-13-31-18-8-5-15(23(27)28)12-17(18)20(22)24/h3-8,12,19H,2,9-11,13H2,1H3,(H,25,26)/p-1. The molecule has 10 nitrogen and oxygen atoms in total. The van der Waals surface area contributed by atoms with Gasteiger partial charge in [0.1, 0.15) is 24.2 Å². The number of nitro groups is 1. The maximum atomic E-state index is 12.6. The number of carboxylic acid groups (broad SMARTS) is 1.